The van der Waals surface area contributed by atoms with Gasteiger partial charge in [0.2, 0.25) is 5.91 Å². The van der Waals surface area contributed by atoms with Crippen molar-refractivity contribution in [2.24, 2.45) is 0 Å². The van der Waals surface area contributed by atoms with Crippen molar-refractivity contribution in [1.82, 2.24) is 9.78 Å². The van der Waals surface area contributed by atoms with Gasteiger partial charge in [0, 0.05) is 30.3 Å². The van der Waals surface area contributed by atoms with Gasteiger partial charge in [0.05, 0.1) is 12.3 Å². The SMILES string of the molecule is CCOc1ccc(NC(=O)CCCn2nc(-c3ccccc3)ccc2=O)cc1. The van der Waals surface area contributed by atoms with E-state index in [2.05, 4.69) is 10.4 Å². The zero-order valence-corrected chi connectivity index (χ0v) is 15.8. The van der Waals surface area contributed by atoms with Crippen molar-refractivity contribution < 1.29 is 9.53 Å². The van der Waals surface area contributed by atoms with E-state index in [1.54, 1.807) is 18.2 Å². The average molecular weight is 377 g/mol. The Morgan fingerprint density at radius 1 is 1.04 bits per heavy atom. The first-order valence-corrected chi connectivity index (χ1v) is 9.32. The van der Waals surface area contributed by atoms with Crippen LogP contribution >= 0.6 is 0 Å². The summed E-state index contributed by atoms with van der Waals surface area (Å²) >= 11 is 0. The first kappa shape index (κ1) is 19.4. The number of nitrogens with zero attached hydrogens (tertiary/aromatic N) is 2. The van der Waals surface area contributed by atoms with Crippen molar-refractivity contribution in [1.29, 1.82) is 0 Å². The molecule has 0 atom stereocenters. The predicted molar refractivity (Wildman–Crippen MR) is 109 cm³/mol. The van der Waals surface area contributed by atoms with Crippen LogP contribution in [0.1, 0.15) is 19.8 Å². The number of anilines is 1. The topological polar surface area (TPSA) is 73.2 Å². The van der Waals surface area contributed by atoms with Crippen LogP contribution in [-0.4, -0.2) is 22.3 Å². The summed E-state index contributed by atoms with van der Waals surface area (Å²) in [5, 5.41) is 7.26. The average Bonchev–Trinajstić information content (AvgIpc) is 2.72. The van der Waals surface area contributed by atoms with Crippen LogP contribution < -0.4 is 15.6 Å². The zero-order valence-electron chi connectivity index (χ0n) is 15.8. The highest BCUT2D eigenvalue weighted by atomic mass is 16.5. The third-order valence-corrected chi connectivity index (χ3v) is 4.16. The van der Waals surface area contributed by atoms with Crippen molar-refractivity contribution >= 4 is 11.6 Å². The van der Waals surface area contributed by atoms with Gasteiger partial charge in [-0.05, 0) is 43.7 Å². The normalized spacial score (nSPS) is 10.5. The van der Waals surface area contributed by atoms with Crippen molar-refractivity contribution in [3.05, 3.63) is 77.1 Å². The molecular formula is C22H23N3O3. The van der Waals surface area contributed by atoms with Gasteiger partial charge in [0.1, 0.15) is 5.75 Å². The third kappa shape index (κ3) is 5.30. The van der Waals surface area contributed by atoms with Crippen LogP contribution in [0.5, 0.6) is 5.75 Å². The Bertz CT molecular complexity index is 966. The molecule has 3 rings (SSSR count). The number of nitrogens with one attached hydrogen (secondary N) is 1. The van der Waals surface area contributed by atoms with E-state index in [4.69, 9.17) is 4.74 Å². The maximum atomic E-state index is 12.1. The number of benzene rings is 2. The molecule has 0 radical (unpaired) electrons. The summed E-state index contributed by atoms with van der Waals surface area (Å²) in [4.78, 5) is 24.2. The largest absolute Gasteiger partial charge is 0.494 e. The lowest BCUT2D eigenvalue weighted by Gasteiger charge is -2.09. The molecule has 0 aliphatic carbocycles. The number of aromatic nitrogens is 2. The van der Waals surface area contributed by atoms with E-state index in [0.717, 1.165) is 22.7 Å². The van der Waals surface area contributed by atoms with Crippen LogP contribution in [0.2, 0.25) is 0 Å². The molecule has 0 spiro atoms. The van der Waals surface area contributed by atoms with E-state index in [9.17, 15) is 9.59 Å². The Morgan fingerprint density at radius 3 is 2.50 bits per heavy atom. The van der Waals surface area contributed by atoms with Crippen LogP contribution in [0, 0.1) is 0 Å². The first-order valence-electron chi connectivity index (χ1n) is 9.32. The Balaban J connectivity index is 1.54. The molecule has 0 saturated heterocycles. The van der Waals surface area contributed by atoms with Gasteiger partial charge in [-0.15, -0.1) is 0 Å². The van der Waals surface area contributed by atoms with Gasteiger partial charge < -0.3 is 10.1 Å². The van der Waals surface area contributed by atoms with Gasteiger partial charge in [-0.2, -0.15) is 5.10 Å². The summed E-state index contributed by atoms with van der Waals surface area (Å²) in [6.45, 7) is 2.91. The molecule has 0 aliphatic rings. The second kappa shape index (κ2) is 9.50. The minimum absolute atomic E-state index is 0.101. The third-order valence-electron chi connectivity index (χ3n) is 4.16. The standard InChI is InChI=1S/C22H23N3O3/c1-2-28-19-12-10-18(11-13-19)23-21(26)9-6-16-25-22(27)15-14-20(24-25)17-7-4-3-5-8-17/h3-5,7-8,10-15H,2,6,9,16H2,1H3,(H,23,26). The molecule has 144 valence electrons. The Labute approximate surface area is 163 Å². The van der Waals surface area contributed by atoms with Crippen LogP contribution in [0.25, 0.3) is 11.3 Å². The molecule has 6 heteroatoms. The molecule has 1 aromatic heterocycles. The molecule has 0 saturated carbocycles. The van der Waals surface area contributed by atoms with E-state index in [0.29, 0.717) is 26.0 Å². The number of amides is 1. The lowest BCUT2D eigenvalue weighted by molar-refractivity contribution is -0.116. The summed E-state index contributed by atoms with van der Waals surface area (Å²) < 4.78 is 6.79. The molecule has 1 N–H and O–H groups in total. The number of ether oxygens (including phenoxy) is 1. The van der Waals surface area contributed by atoms with E-state index in [1.165, 1.54) is 10.7 Å². The molecule has 3 aromatic rings. The maximum Gasteiger partial charge on any atom is 0.266 e. The molecule has 1 heterocycles. The fraction of sp³-hybridized carbons (Fsp3) is 0.227. The monoisotopic (exact) mass is 377 g/mol. The van der Waals surface area contributed by atoms with Gasteiger partial charge in [0.15, 0.2) is 0 Å². The van der Waals surface area contributed by atoms with Gasteiger partial charge in [0.25, 0.3) is 5.56 Å². The van der Waals surface area contributed by atoms with Gasteiger partial charge in [-0.1, -0.05) is 30.3 Å². The van der Waals surface area contributed by atoms with Crippen molar-refractivity contribution in [2.75, 3.05) is 11.9 Å². The summed E-state index contributed by atoms with van der Waals surface area (Å²) in [7, 11) is 0. The van der Waals surface area contributed by atoms with E-state index in [1.807, 2.05) is 49.4 Å². The Morgan fingerprint density at radius 2 is 1.79 bits per heavy atom. The molecule has 28 heavy (non-hydrogen) atoms. The Hall–Kier alpha value is -3.41. The van der Waals surface area contributed by atoms with Crippen molar-refractivity contribution in [3.8, 4) is 17.0 Å². The first-order chi connectivity index (χ1) is 13.7. The van der Waals surface area contributed by atoms with Gasteiger partial charge in [-0.25, -0.2) is 4.68 Å². The number of hydrogen-bond acceptors (Lipinski definition) is 4. The highest BCUT2D eigenvalue weighted by Crippen LogP contribution is 2.16. The van der Waals surface area contributed by atoms with Crippen molar-refractivity contribution in [3.63, 3.8) is 0 Å². The summed E-state index contributed by atoms with van der Waals surface area (Å²) in [6.07, 6.45) is 0.824. The Kier molecular flexibility index (Phi) is 6.57. The fourth-order valence-electron chi connectivity index (χ4n) is 2.79. The lowest BCUT2D eigenvalue weighted by atomic mass is 10.1. The van der Waals surface area contributed by atoms with E-state index >= 15 is 0 Å². The van der Waals surface area contributed by atoms with Crippen LogP contribution in [0.4, 0.5) is 5.69 Å². The summed E-state index contributed by atoms with van der Waals surface area (Å²) in [5.41, 5.74) is 2.23. The van der Waals surface area contributed by atoms with Gasteiger partial charge in [-0.3, -0.25) is 9.59 Å². The van der Waals surface area contributed by atoms with E-state index in [-0.39, 0.29) is 11.5 Å². The summed E-state index contributed by atoms with van der Waals surface area (Å²) in [6, 6.07) is 20.1. The number of carbonyl (C=O) groups is 1. The molecule has 0 unspecified atom stereocenters. The zero-order chi connectivity index (χ0) is 19.8. The van der Waals surface area contributed by atoms with Crippen LogP contribution in [0.3, 0.4) is 0 Å². The molecule has 0 aliphatic heterocycles. The number of aryl methyl sites for hydroxylation is 1. The second-order valence-corrected chi connectivity index (χ2v) is 6.26. The number of rotatable bonds is 8. The quantitative estimate of drug-likeness (QED) is 0.649. The molecule has 1 amide bonds. The highest BCUT2D eigenvalue weighted by Gasteiger charge is 2.06. The summed E-state index contributed by atoms with van der Waals surface area (Å²) in [5.74, 6) is 0.667. The molecular weight excluding hydrogens is 354 g/mol. The number of carbonyl (C=O) groups excluding carboxylic acids is 1. The molecule has 0 bridgehead atoms. The van der Waals surface area contributed by atoms with Gasteiger partial charge >= 0.3 is 0 Å². The number of hydrogen-bond donors (Lipinski definition) is 1. The minimum atomic E-state index is -0.174. The minimum Gasteiger partial charge on any atom is -0.494 e. The predicted octanol–water partition coefficient (Wildman–Crippen LogP) is 3.73. The van der Waals surface area contributed by atoms with Crippen molar-refractivity contribution in [2.45, 2.75) is 26.3 Å². The smallest absolute Gasteiger partial charge is 0.266 e. The molecule has 0 fully saturated rings. The fourth-order valence-corrected chi connectivity index (χ4v) is 2.79. The molecule has 6 nitrogen and oxygen atoms in total. The second-order valence-electron chi connectivity index (χ2n) is 6.26. The van der Waals surface area contributed by atoms with E-state index < -0.39 is 0 Å². The highest BCUT2D eigenvalue weighted by molar-refractivity contribution is 5.90. The lowest BCUT2D eigenvalue weighted by Crippen LogP contribution is -2.23. The van der Waals surface area contributed by atoms with Crippen LogP contribution in [0.15, 0.2) is 71.5 Å². The molecule has 2 aromatic carbocycles. The van der Waals surface area contributed by atoms with Crippen LogP contribution in [-0.2, 0) is 11.3 Å². The maximum absolute atomic E-state index is 12.1.